The van der Waals surface area contributed by atoms with Gasteiger partial charge in [0.25, 0.3) is 0 Å². The highest BCUT2D eigenvalue weighted by atomic mass is 35.5. The van der Waals surface area contributed by atoms with Crippen molar-refractivity contribution in [3.05, 3.63) is 34.7 Å². The summed E-state index contributed by atoms with van der Waals surface area (Å²) in [4.78, 5) is 21.0. The van der Waals surface area contributed by atoms with Gasteiger partial charge in [0, 0.05) is 43.9 Å². The number of nitrogens with one attached hydrogen (secondary N) is 1. The molecular weight excluding hydrogens is 366 g/mol. The maximum absolute atomic E-state index is 12.6. The minimum absolute atomic E-state index is 0.153. The van der Waals surface area contributed by atoms with Crippen LogP contribution in [0.2, 0.25) is 5.02 Å². The molecule has 2 amide bonds. The molecular formula is C19H26ClN5O2. The van der Waals surface area contributed by atoms with Gasteiger partial charge in [0.15, 0.2) is 5.82 Å². The Bertz CT molecular complexity index is 815. The van der Waals surface area contributed by atoms with Crippen molar-refractivity contribution in [1.29, 1.82) is 0 Å². The first-order chi connectivity index (χ1) is 12.7. The minimum Gasteiger partial charge on any atom is -0.359 e. The number of urea groups is 1. The van der Waals surface area contributed by atoms with Crippen LogP contribution in [-0.4, -0.2) is 47.3 Å². The number of pyridine rings is 1. The molecule has 7 nitrogen and oxygen atoms in total. The second-order valence-electron chi connectivity index (χ2n) is 7.90. The van der Waals surface area contributed by atoms with Gasteiger partial charge in [-0.25, -0.2) is 9.78 Å². The van der Waals surface area contributed by atoms with Gasteiger partial charge in [-0.15, -0.1) is 0 Å². The quantitative estimate of drug-likeness (QED) is 0.835. The molecule has 0 atom stereocenters. The summed E-state index contributed by atoms with van der Waals surface area (Å²) >= 11 is 6.35. The Morgan fingerprint density at radius 3 is 2.67 bits per heavy atom. The normalized spacial score (nSPS) is 15.6. The van der Waals surface area contributed by atoms with Gasteiger partial charge in [-0.05, 0) is 25.0 Å². The van der Waals surface area contributed by atoms with E-state index in [1.807, 2.05) is 40.0 Å². The number of nitrogens with zero attached hydrogens (tertiary/aromatic N) is 4. The zero-order valence-electron chi connectivity index (χ0n) is 16.3. The number of amides is 2. The standard InChI is InChI=1S/C19H26ClN5O2/c1-13-10-14(20)17(21-12-13)24-6-5-7-25(9-8-24)18(26)22-16-11-15(27-23-16)19(2,3)4/h10-12H,5-9H2,1-4H3,(H,22,23,26). The van der Waals surface area contributed by atoms with E-state index in [1.54, 1.807) is 11.0 Å². The number of hydrogen-bond acceptors (Lipinski definition) is 5. The molecule has 2 aromatic rings. The SMILES string of the molecule is Cc1cnc(N2CCCN(C(=O)Nc3cc(C(C)(C)C)on3)CC2)c(Cl)c1. The number of carbonyl (C=O) groups excluding carboxylic acids is 1. The van der Waals surface area contributed by atoms with Crippen molar-refractivity contribution in [2.45, 2.75) is 39.5 Å². The van der Waals surface area contributed by atoms with Gasteiger partial charge in [-0.2, -0.15) is 0 Å². The summed E-state index contributed by atoms with van der Waals surface area (Å²) in [6.45, 7) is 10.8. The maximum atomic E-state index is 12.6. The van der Waals surface area contributed by atoms with Crippen molar-refractivity contribution >= 4 is 29.3 Å². The van der Waals surface area contributed by atoms with Crippen LogP contribution in [0.5, 0.6) is 0 Å². The van der Waals surface area contributed by atoms with Crippen LogP contribution in [0.3, 0.4) is 0 Å². The Balaban J connectivity index is 1.62. The third-order valence-corrected chi connectivity index (χ3v) is 4.80. The third-order valence-electron chi connectivity index (χ3n) is 4.53. The second kappa shape index (κ2) is 7.76. The second-order valence-corrected chi connectivity index (χ2v) is 8.31. The van der Waals surface area contributed by atoms with Crippen molar-refractivity contribution in [3.8, 4) is 0 Å². The van der Waals surface area contributed by atoms with Crippen LogP contribution in [0.1, 0.15) is 38.5 Å². The summed E-state index contributed by atoms with van der Waals surface area (Å²) in [7, 11) is 0. The Morgan fingerprint density at radius 2 is 2.00 bits per heavy atom. The largest absolute Gasteiger partial charge is 0.359 e. The molecule has 0 bridgehead atoms. The molecule has 0 aliphatic carbocycles. The molecule has 0 spiro atoms. The Morgan fingerprint density at radius 1 is 1.22 bits per heavy atom. The molecule has 146 valence electrons. The molecule has 0 saturated carbocycles. The van der Waals surface area contributed by atoms with Crippen LogP contribution in [0.25, 0.3) is 0 Å². The molecule has 1 aliphatic heterocycles. The van der Waals surface area contributed by atoms with E-state index in [4.69, 9.17) is 16.1 Å². The highest BCUT2D eigenvalue weighted by Gasteiger charge is 2.24. The van der Waals surface area contributed by atoms with E-state index in [-0.39, 0.29) is 11.4 Å². The van der Waals surface area contributed by atoms with E-state index < -0.39 is 0 Å². The lowest BCUT2D eigenvalue weighted by atomic mass is 9.93. The Kier molecular flexibility index (Phi) is 5.60. The predicted molar refractivity (Wildman–Crippen MR) is 107 cm³/mol. The fraction of sp³-hybridized carbons (Fsp3) is 0.526. The van der Waals surface area contributed by atoms with E-state index in [9.17, 15) is 4.79 Å². The molecule has 3 rings (SSSR count). The van der Waals surface area contributed by atoms with Crippen molar-refractivity contribution in [2.75, 3.05) is 36.4 Å². The number of anilines is 2. The molecule has 1 aliphatic rings. The molecule has 8 heteroatoms. The number of halogens is 1. The van der Waals surface area contributed by atoms with Crippen LogP contribution in [-0.2, 0) is 5.41 Å². The van der Waals surface area contributed by atoms with Crippen LogP contribution in [0.4, 0.5) is 16.4 Å². The monoisotopic (exact) mass is 391 g/mol. The lowest BCUT2D eigenvalue weighted by molar-refractivity contribution is 0.215. The minimum atomic E-state index is -0.173. The first kappa shape index (κ1) is 19.5. The van der Waals surface area contributed by atoms with Crippen LogP contribution in [0, 0.1) is 6.92 Å². The smallest absolute Gasteiger partial charge is 0.323 e. The van der Waals surface area contributed by atoms with E-state index in [1.165, 1.54) is 0 Å². The molecule has 1 N–H and O–H groups in total. The summed E-state index contributed by atoms with van der Waals surface area (Å²) in [5.41, 5.74) is 0.876. The molecule has 27 heavy (non-hydrogen) atoms. The van der Waals surface area contributed by atoms with Crippen molar-refractivity contribution < 1.29 is 9.32 Å². The predicted octanol–water partition coefficient (Wildman–Crippen LogP) is 4.07. The molecule has 1 saturated heterocycles. The maximum Gasteiger partial charge on any atom is 0.323 e. The van der Waals surface area contributed by atoms with Gasteiger partial charge < -0.3 is 14.3 Å². The fourth-order valence-corrected chi connectivity index (χ4v) is 3.31. The van der Waals surface area contributed by atoms with E-state index in [0.29, 0.717) is 30.5 Å². The lowest BCUT2D eigenvalue weighted by Gasteiger charge is -2.23. The average Bonchev–Trinajstić information content (AvgIpc) is 2.92. The molecule has 0 radical (unpaired) electrons. The van der Waals surface area contributed by atoms with E-state index in [2.05, 4.69) is 20.4 Å². The summed E-state index contributed by atoms with van der Waals surface area (Å²) in [6.07, 6.45) is 2.65. The van der Waals surface area contributed by atoms with Gasteiger partial charge in [0.05, 0.1) is 5.02 Å². The molecule has 2 aromatic heterocycles. The van der Waals surface area contributed by atoms with Crippen LogP contribution >= 0.6 is 11.6 Å². The van der Waals surface area contributed by atoms with Gasteiger partial charge in [-0.3, -0.25) is 5.32 Å². The van der Waals surface area contributed by atoms with Gasteiger partial charge in [0.1, 0.15) is 11.6 Å². The van der Waals surface area contributed by atoms with Gasteiger partial charge in [0.2, 0.25) is 0 Å². The zero-order valence-corrected chi connectivity index (χ0v) is 17.0. The molecule has 0 unspecified atom stereocenters. The van der Waals surface area contributed by atoms with Crippen LogP contribution in [0.15, 0.2) is 22.9 Å². The third kappa shape index (κ3) is 4.71. The number of rotatable bonds is 2. The number of hydrogen-bond donors (Lipinski definition) is 1. The number of aromatic nitrogens is 2. The number of aryl methyl sites for hydroxylation is 1. The van der Waals surface area contributed by atoms with E-state index >= 15 is 0 Å². The van der Waals surface area contributed by atoms with Crippen molar-refractivity contribution in [3.63, 3.8) is 0 Å². The average molecular weight is 392 g/mol. The summed E-state index contributed by atoms with van der Waals surface area (Å²) in [6, 6.07) is 3.52. The highest BCUT2D eigenvalue weighted by molar-refractivity contribution is 6.33. The first-order valence-corrected chi connectivity index (χ1v) is 9.52. The van der Waals surface area contributed by atoms with Crippen LogP contribution < -0.4 is 10.2 Å². The van der Waals surface area contributed by atoms with Crippen molar-refractivity contribution in [2.24, 2.45) is 0 Å². The van der Waals surface area contributed by atoms with Crippen molar-refractivity contribution in [1.82, 2.24) is 15.0 Å². The molecule has 3 heterocycles. The van der Waals surface area contributed by atoms with Gasteiger partial charge >= 0.3 is 6.03 Å². The summed E-state index contributed by atoms with van der Waals surface area (Å²) in [5.74, 6) is 1.95. The highest BCUT2D eigenvalue weighted by Crippen LogP contribution is 2.26. The molecule has 1 fully saturated rings. The lowest BCUT2D eigenvalue weighted by Crippen LogP contribution is -2.38. The first-order valence-electron chi connectivity index (χ1n) is 9.14. The topological polar surface area (TPSA) is 74.5 Å². The summed E-state index contributed by atoms with van der Waals surface area (Å²) < 4.78 is 5.33. The van der Waals surface area contributed by atoms with Gasteiger partial charge in [-0.1, -0.05) is 37.5 Å². The molecule has 0 aromatic carbocycles. The number of carbonyl (C=O) groups is 1. The zero-order chi connectivity index (χ0) is 19.6. The Hall–Kier alpha value is -2.28. The fourth-order valence-electron chi connectivity index (χ4n) is 2.97. The van der Waals surface area contributed by atoms with E-state index in [0.717, 1.165) is 30.1 Å². The summed E-state index contributed by atoms with van der Waals surface area (Å²) in [5, 5.41) is 7.42. The Labute approximate surface area is 164 Å².